The van der Waals surface area contributed by atoms with E-state index in [1.165, 1.54) is 11.3 Å². The van der Waals surface area contributed by atoms with Crippen LogP contribution in [0.5, 0.6) is 11.5 Å². The maximum absolute atomic E-state index is 12.1. The molecule has 0 aliphatic rings. The van der Waals surface area contributed by atoms with E-state index in [4.69, 9.17) is 21.1 Å². The third-order valence-electron chi connectivity index (χ3n) is 2.72. The highest BCUT2D eigenvalue weighted by molar-refractivity contribution is 7.13. The standard InChI is InChI=1S/C15H18ClN3O3S/c1-4-21-12-7-13(22-5-2)11(6-10(12)16)18-14(20)19-15-17-9(3)8-23-15/h6-8H,4-5H2,1-3H3,(H2,17,18,19,20). The Labute approximate surface area is 143 Å². The van der Waals surface area contributed by atoms with E-state index < -0.39 is 6.03 Å². The molecule has 0 saturated heterocycles. The molecule has 1 aromatic carbocycles. The van der Waals surface area contributed by atoms with Crippen LogP contribution in [0.4, 0.5) is 15.6 Å². The summed E-state index contributed by atoms with van der Waals surface area (Å²) >= 11 is 7.52. The van der Waals surface area contributed by atoms with Crippen LogP contribution in [-0.4, -0.2) is 24.2 Å². The smallest absolute Gasteiger partial charge is 0.325 e. The molecule has 0 unspecified atom stereocenters. The Bertz CT molecular complexity index is 691. The first kappa shape index (κ1) is 17.4. The SMILES string of the molecule is CCOc1cc(OCC)c(NC(=O)Nc2nc(C)cs2)cc1Cl. The minimum Gasteiger partial charge on any atom is -0.492 e. The van der Waals surface area contributed by atoms with Crippen molar-refractivity contribution in [1.82, 2.24) is 4.98 Å². The molecule has 0 atom stereocenters. The Kier molecular flexibility index (Phi) is 6.06. The Morgan fingerprint density at radius 1 is 1.22 bits per heavy atom. The predicted molar refractivity (Wildman–Crippen MR) is 93.3 cm³/mol. The van der Waals surface area contributed by atoms with Gasteiger partial charge in [-0.1, -0.05) is 11.6 Å². The summed E-state index contributed by atoms with van der Waals surface area (Å²) in [5, 5.41) is 8.16. The Morgan fingerprint density at radius 2 is 1.91 bits per heavy atom. The predicted octanol–water partition coefficient (Wildman–Crippen LogP) is 4.55. The van der Waals surface area contributed by atoms with Crippen LogP contribution in [0.2, 0.25) is 5.02 Å². The number of ether oxygens (including phenoxy) is 2. The van der Waals surface area contributed by atoms with E-state index >= 15 is 0 Å². The quantitative estimate of drug-likeness (QED) is 0.797. The van der Waals surface area contributed by atoms with Crippen LogP contribution in [0, 0.1) is 6.92 Å². The molecule has 124 valence electrons. The summed E-state index contributed by atoms with van der Waals surface area (Å²) in [4.78, 5) is 16.3. The molecule has 0 aliphatic heterocycles. The number of thiazole rings is 1. The van der Waals surface area contributed by atoms with Gasteiger partial charge in [0.15, 0.2) is 5.13 Å². The van der Waals surface area contributed by atoms with Crippen LogP contribution >= 0.6 is 22.9 Å². The molecule has 6 nitrogen and oxygen atoms in total. The van der Waals surface area contributed by atoms with Crippen molar-refractivity contribution in [3.8, 4) is 11.5 Å². The molecule has 0 saturated carbocycles. The normalized spacial score (nSPS) is 10.3. The highest BCUT2D eigenvalue weighted by Gasteiger charge is 2.14. The minimum absolute atomic E-state index is 0.399. The first-order chi connectivity index (χ1) is 11.0. The molecule has 0 spiro atoms. The monoisotopic (exact) mass is 355 g/mol. The van der Waals surface area contributed by atoms with E-state index in [1.54, 1.807) is 12.1 Å². The van der Waals surface area contributed by atoms with Crippen molar-refractivity contribution in [2.24, 2.45) is 0 Å². The van der Waals surface area contributed by atoms with E-state index in [-0.39, 0.29) is 0 Å². The molecule has 0 radical (unpaired) electrons. The van der Waals surface area contributed by atoms with Gasteiger partial charge in [0, 0.05) is 11.4 Å². The van der Waals surface area contributed by atoms with Crippen molar-refractivity contribution in [3.63, 3.8) is 0 Å². The first-order valence-electron chi connectivity index (χ1n) is 7.12. The summed E-state index contributed by atoms with van der Waals surface area (Å²) in [5.41, 5.74) is 1.32. The number of aryl methyl sites for hydroxylation is 1. The second-order valence-electron chi connectivity index (χ2n) is 4.52. The van der Waals surface area contributed by atoms with Gasteiger partial charge in [0.05, 0.1) is 29.6 Å². The number of carbonyl (C=O) groups is 1. The van der Waals surface area contributed by atoms with Crippen molar-refractivity contribution in [2.45, 2.75) is 20.8 Å². The number of hydrogen-bond donors (Lipinski definition) is 2. The number of benzene rings is 1. The number of amides is 2. The Morgan fingerprint density at radius 3 is 2.52 bits per heavy atom. The van der Waals surface area contributed by atoms with Gasteiger partial charge in [-0.15, -0.1) is 11.3 Å². The first-order valence-corrected chi connectivity index (χ1v) is 8.38. The molecule has 23 heavy (non-hydrogen) atoms. The summed E-state index contributed by atoms with van der Waals surface area (Å²) < 4.78 is 11.0. The molecule has 0 aliphatic carbocycles. The fourth-order valence-corrected chi connectivity index (χ4v) is 2.74. The number of urea groups is 1. The van der Waals surface area contributed by atoms with Gasteiger partial charge in [-0.05, 0) is 26.8 Å². The molecular weight excluding hydrogens is 338 g/mol. The van der Waals surface area contributed by atoms with Crippen LogP contribution in [0.3, 0.4) is 0 Å². The van der Waals surface area contributed by atoms with Crippen LogP contribution in [0.1, 0.15) is 19.5 Å². The lowest BCUT2D eigenvalue weighted by Gasteiger charge is -2.15. The topological polar surface area (TPSA) is 72.5 Å². The number of rotatable bonds is 6. The zero-order chi connectivity index (χ0) is 16.8. The lowest BCUT2D eigenvalue weighted by atomic mass is 10.2. The lowest BCUT2D eigenvalue weighted by molar-refractivity contribution is 0.262. The third kappa shape index (κ3) is 4.74. The average molecular weight is 356 g/mol. The fraction of sp³-hybridized carbons (Fsp3) is 0.333. The van der Waals surface area contributed by atoms with Gasteiger partial charge in [0.2, 0.25) is 0 Å². The Hall–Kier alpha value is -1.99. The fourth-order valence-electron chi connectivity index (χ4n) is 1.84. The summed E-state index contributed by atoms with van der Waals surface area (Å²) in [5.74, 6) is 1.00. The summed E-state index contributed by atoms with van der Waals surface area (Å²) in [7, 11) is 0. The van der Waals surface area contributed by atoms with Gasteiger partial charge in [0.1, 0.15) is 11.5 Å². The van der Waals surface area contributed by atoms with Gasteiger partial charge in [-0.3, -0.25) is 5.32 Å². The number of carbonyl (C=O) groups excluding carboxylic acids is 1. The van der Waals surface area contributed by atoms with Gasteiger partial charge in [-0.25, -0.2) is 9.78 Å². The maximum Gasteiger partial charge on any atom is 0.325 e. The highest BCUT2D eigenvalue weighted by atomic mass is 35.5. The van der Waals surface area contributed by atoms with E-state index in [9.17, 15) is 4.79 Å². The van der Waals surface area contributed by atoms with Crippen molar-refractivity contribution in [2.75, 3.05) is 23.8 Å². The second kappa shape index (κ2) is 8.03. The number of aromatic nitrogens is 1. The van der Waals surface area contributed by atoms with Gasteiger partial charge in [0.25, 0.3) is 0 Å². The molecule has 2 aromatic rings. The van der Waals surface area contributed by atoms with Gasteiger partial charge >= 0.3 is 6.03 Å². The molecule has 0 bridgehead atoms. The number of halogens is 1. The number of nitrogens with zero attached hydrogens (tertiary/aromatic N) is 1. The van der Waals surface area contributed by atoms with Crippen molar-refractivity contribution in [1.29, 1.82) is 0 Å². The van der Waals surface area contributed by atoms with E-state index in [2.05, 4.69) is 15.6 Å². The van der Waals surface area contributed by atoms with Crippen LogP contribution < -0.4 is 20.1 Å². The maximum atomic E-state index is 12.1. The largest absolute Gasteiger partial charge is 0.492 e. The molecule has 2 N–H and O–H groups in total. The molecule has 8 heteroatoms. The highest BCUT2D eigenvalue weighted by Crippen LogP contribution is 2.36. The third-order valence-corrected chi connectivity index (χ3v) is 3.89. The molecule has 1 aromatic heterocycles. The lowest BCUT2D eigenvalue weighted by Crippen LogP contribution is -2.20. The second-order valence-corrected chi connectivity index (χ2v) is 5.78. The molecule has 0 fully saturated rings. The summed E-state index contributed by atoms with van der Waals surface area (Å²) in [6.45, 7) is 6.53. The number of nitrogens with one attached hydrogen (secondary N) is 2. The Balaban J connectivity index is 2.16. The average Bonchev–Trinajstić information content (AvgIpc) is 2.89. The van der Waals surface area contributed by atoms with Crippen molar-refractivity contribution < 1.29 is 14.3 Å². The summed E-state index contributed by atoms with van der Waals surface area (Å²) in [6, 6.07) is 2.85. The molecular formula is C15H18ClN3O3S. The number of anilines is 2. The zero-order valence-electron chi connectivity index (χ0n) is 13.1. The number of hydrogen-bond acceptors (Lipinski definition) is 5. The van der Waals surface area contributed by atoms with Crippen LogP contribution in [0.15, 0.2) is 17.5 Å². The van der Waals surface area contributed by atoms with E-state index in [0.29, 0.717) is 40.6 Å². The van der Waals surface area contributed by atoms with Crippen LogP contribution in [0.25, 0.3) is 0 Å². The molecule has 2 amide bonds. The summed E-state index contributed by atoms with van der Waals surface area (Å²) in [6.07, 6.45) is 0. The van der Waals surface area contributed by atoms with Crippen molar-refractivity contribution in [3.05, 3.63) is 28.2 Å². The minimum atomic E-state index is -0.416. The van der Waals surface area contributed by atoms with E-state index in [0.717, 1.165) is 5.69 Å². The van der Waals surface area contributed by atoms with Crippen molar-refractivity contribution >= 4 is 39.8 Å². The van der Waals surface area contributed by atoms with E-state index in [1.807, 2.05) is 26.2 Å². The van der Waals surface area contributed by atoms with Gasteiger partial charge < -0.3 is 14.8 Å². The molecule has 2 rings (SSSR count). The zero-order valence-corrected chi connectivity index (χ0v) is 14.7. The van der Waals surface area contributed by atoms with Gasteiger partial charge in [-0.2, -0.15) is 0 Å². The van der Waals surface area contributed by atoms with Crippen LogP contribution in [-0.2, 0) is 0 Å². The molecule has 1 heterocycles.